The fourth-order valence-electron chi connectivity index (χ4n) is 2.59. The van der Waals surface area contributed by atoms with E-state index in [-0.39, 0.29) is 12.4 Å². The molecule has 0 aromatic carbocycles. The summed E-state index contributed by atoms with van der Waals surface area (Å²) in [7, 11) is 0. The highest BCUT2D eigenvalue weighted by molar-refractivity contribution is 5.36. The van der Waals surface area contributed by atoms with Crippen LogP contribution in [0.3, 0.4) is 0 Å². The summed E-state index contributed by atoms with van der Waals surface area (Å²) in [6.07, 6.45) is 5.51. The van der Waals surface area contributed by atoms with Gasteiger partial charge in [-0.15, -0.1) is 0 Å². The number of hydrogen-bond donors (Lipinski definition) is 2. The van der Waals surface area contributed by atoms with Gasteiger partial charge >= 0.3 is 0 Å². The standard InChI is InChI=1S/C14H20F2N2O/c1-2-10-3-5-14(19,6-4-10)9-18-13-12(16)7-11(15)8-17-13/h7-8,10,19H,2-6,9H2,1H3,(H,17,18). The van der Waals surface area contributed by atoms with Crippen molar-refractivity contribution in [2.75, 3.05) is 11.9 Å². The van der Waals surface area contributed by atoms with Gasteiger partial charge < -0.3 is 10.4 Å². The summed E-state index contributed by atoms with van der Waals surface area (Å²) in [6, 6.07) is 0.785. The van der Waals surface area contributed by atoms with E-state index in [0.717, 1.165) is 31.5 Å². The van der Waals surface area contributed by atoms with E-state index in [1.165, 1.54) is 0 Å². The molecule has 0 unspecified atom stereocenters. The molecule has 19 heavy (non-hydrogen) atoms. The smallest absolute Gasteiger partial charge is 0.168 e. The van der Waals surface area contributed by atoms with Crippen LogP contribution >= 0.6 is 0 Å². The molecule has 106 valence electrons. The van der Waals surface area contributed by atoms with Crippen LogP contribution in [0.5, 0.6) is 0 Å². The summed E-state index contributed by atoms with van der Waals surface area (Å²) in [5.74, 6) is -0.760. The average molecular weight is 270 g/mol. The van der Waals surface area contributed by atoms with E-state index >= 15 is 0 Å². The van der Waals surface area contributed by atoms with Gasteiger partial charge in [-0.05, 0) is 31.6 Å². The van der Waals surface area contributed by atoms with Crippen LogP contribution in [-0.4, -0.2) is 22.2 Å². The maximum absolute atomic E-state index is 13.4. The zero-order chi connectivity index (χ0) is 13.9. The molecule has 1 saturated carbocycles. The van der Waals surface area contributed by atoms with Gasteiger partial charge in [0.15, 0.2) is 11.6 Å². The molecule has 0 spiro atoms. The van der Waals surface area contributed by atoms with Crippen LogP contribution in [0.15, 0.2) is 12.3 Å². The van der Waals surface area contributed by atoms with Crippen molar-refractivity contribution in [2.24, 2.45) is 5.92 Å². The molecule has 1 aliphatic carbocycles. The molecule has 0 saturated heterocycles. The molecular formula is C14H20F2N2O. The Morgan fingerprint density at radius 2 is 2.11 bits per heavy atom. The molecule has 0 radical (unpaired) electrons. The fourth-order valence-corrected chi connectivity index (χ4v) is 2.59. The molecule has 1 aliphatic rings. The molecule has 0 amide bonds. The van der Waals surface area contributed by atoms with Crippen molar-refractivity contribution in [3.63, 3.8) is 0 Å². The third-order valence-corrected chi connectivity index (χ3v) is 4.01. The predicted molar refractivity (Wildman–Crippen MR) is 69.8 cm³/mol. The molecule has 5 heteroatoms. The minimum absolute atomic E-state index is 0.00700. The molecule has 1 aromatic heterocycles. The van der Waals surface area contributed by atoms with Crippen molar-refractivity contribution in [3.8, 4) is 0 Å². The Morgan fingerprint density at radius 3 is 2.68 bits per heavy atom. The summed E-state index contributed by atoms with van der Waals surface area (Å²) in [4.78, 5) is 3.65. The Labute approximate surface area is 112 Å². The molecule has 2 N–H and O–H groups in total. The molecule has 1 heterocycles. The second kappa shape index (κ2) is 5.82. The van der Waals surface area contributed by atoms with E-state index in [4.69, 9.17) is 0 Å². The SMILES string of the molecule is CCC1CCC(O)(CNc2ncc(F)cc2F)CC1. The Kier molecular flexibility index (Phi) is 4.34. The second-order valence-corrected chi connectivity index (χ2v) is 5.41. The minimum atomic E-state index is -0.811. The van der Waals surface area contributed by atoms with Crippen LogP contribution in [-0.2, 0) is 0 Å². The lowest BCUT2D eigenvalue weighted by atomic mass is 9.78. The van der Waals surface area contributed by atoms with Gasteiger partial charge in [0, 0.05) is 12.6 Å². The van der Waals surface area contributed by atoms with Gasteiger partial charge in [0.25, 0.3) is 0 Å². The van der Waals surface area contributed by atoms with Gasteiger partial charge in [-0.1, -0.05) is 13.3 Å². The van der Waals surface area contributed by atoms with Crippen molar-refractivity contribution in [2.45, 2.75) is 44.6 Å². The molecule has 0 atom stereocenters. The maximum Gasteiger partial charge on any atom is 0.168 e. The van der Waals surface area contributed by atoms with Crippen molar-refractivity contribution in [1.29, 1.82) is 0 Å². The van der Waals surface area contributed by atoms with Gasteiger partial charge in [0.2, 0.25) is 0 Å². The highest BCUT2D eigenvalue weighted by atomic mass is 19.1. The number of aliphatic hydroxyl groups is 1. The largest absolute Gasteiger partial charge is 0.388 e. The first-order valence-corrected chi connectivity index (χ1v) is 6.80. The number of anilines is 1. The molecule has 1 aromatic rings. The van der Waals surface area contributed by atoms with Gasteiger partial charge in [0.05, 0.1) is 11.8 Å². The van der Waals surface area contributed by atoms with Crippen molar-refractivity contribution >= 4 is 5.82 Å². The zero-order valence-corrected chi connectivity index (χ0v) is 11.1. The van der Waals surface area contributed by atoms with E-state index in [0.29, 0.717) is 18.8 Å². The normalized spacial score (nSPS) is 27.3. The Hall–Kier alpha value is -1.23. The third-order valence-electron chi connectivity index (χ3n) is 4.01. The average Bonchev–Trinajstić information content (AvgIpc) is 2.39. The Morgan fingerprint density at radius 1 is 1.42 bits per heavy atom. The highest BCUT2D eigenvalue weighted by Crippen LogP contribution is 2.33. The lowest BCUT2D eigenvalue weighted by molar-refractivity contribution is 0.00218. The fraction of sp³-hybridized carbons (Fsp3) is 0.643. The first-order chi connectivity index (χ1) is 9.02. The van der Waals surface area contributed by atoms with Crippen LogP contribution in [0.2, 0.25) is 0 Å². The van der Waals surface area contributed by atoms with Crippen molar-refractivity contribution in [3.05, 3.63) is 23.9 Å². The summed E-state index contributed by atoms with van der Waals surface area (Å²) in [6.45, 7) is 2.41. The Bertz CT molecular complexity index is 431. The van der Waals surface area contributed by atoms with E-state index in [1.54, 1.807) is 0 Å². The van der Waals surface area contributed by atoms with Gasteiger partial charge in [0.1, 0.15) is 5.82 Å². The number of aromatic nitrogens is 1. The third kappa shape index (κ3) is 3.62. The van der Waals surface area contributed by atoms with Gasteiger partial charge in [-0.2, -0.15) is 0 Å². The lowest BCUT2D eigenvalue weighted by Gasteiger charge is -2.36. The monoisotopic (exact) mass is 270 g/mol. The van der Waals surface area contributed by atoms with Gasteiger partial charge in [-0.3, -0.25) is 0 Å². The van der Waals surface area contributed by atoms with Gasteiger partial charge in [-0.25, -0.2) is 13.8 Å². The molecule has 1 fully saturated rings. The van der Waals surface area contributed by atoms with Crippen molar-refractivity contribution < 1.29 is 13.9 Å². The molecule has 0 bridgehead atoms. The number of pyridine rings is 1. The summed E-state index contributed by atoms with van der Waals surface area (Å²) >= 11 is 0. The molecule has 3 nitrogen and oxygen atoms in total. The number of nitrogens with one attached hydrogen (secondary N) is 1. The lowest BCUT2D eigenvalue weighted by Crippen LogP contribution is -2.40. The van der Waals surface area contributed by atoms with Crippen molar-refractivity contribution in [1.82, 2.24) is 4.98 Å². The maximum atomic E-state index is 13.4. The van der Waals surface area contributed by atoms with Crippen LogP contribution in [0.4, 0.5) is 14.6 Å². The molecule has 2 rings (SSSR count). The first kappa shape index (κ1) is 14.2. The van der Waals surface area contributed by atoms with Crippen LogP contribution in [0, 0.1) is 17.6 Å². The van der Waals surface area contributed by atoms with Crippen LogP contribution in [0.25, 0.3) is 0 Å². The number of nitrogens with zero attached hydrogens (tertiary/aromatic N) is 1. The number of halogens is 2. The molecular weight excluding hydrogens is 250 g/mol. The Balaban J connectivity index is 1.91. The summed E-state index contributed by atoms with van der Waals surface area (Å²) in [5.41, 5.74) is -0.811. The van der Waals surface area contributed by atoms with Crippen LogP contribution in [0.1, 0.15) is 39.0 Å². The minimum Gasteiger partial charge on any atom is -0.388 e. The highest BCUT2D eigenvalue weighted by Gasteiger charge is 2.32. The van der Waals surface area contributed by atoms with E-state index in [2.05, 4.69) is 17.2 Å². The van der Waals surface area contributed by atoms with Crippen LogP contribution < -0.4 is 5.32 Å². The number of rotatable bonds is 4. The summed E-state index contributed by atoms with van der Waals surface area (Å²) < 4.78 is 26.1. The summed E-state index contributed by atoms with van der Waals surface area (Å²) in [5, 5.41) is 13.2. The quantitative estimate of drug-likeness (QED) is 0.883. The van der Waals surface area contributed by atoms with E-state index < -0.39 is 17.2 Å². The van der Waals surface area contributed by atoms with E-state index in [1.807, 2.05) is 0 Å². The molecule has 0 aliphatic heterocycles. The topological polar surface area (TPSA) is 45.1 Å². The van der Waals surface area contributed by atoms with E-state index in [9.17, 15) is 13.9 Å². The second-order valence-electron chi connectivity index (χ2n) is 5.41. The first-order valence-electron chi connectivity index (χ1n) is 6.80. The number of hydrogen-bond acceptors (Lipinski definition) is 3. The predicted octanol–water partition coefficient (Wildman–Crippen LogP) is 3.10. The zero-order valence-electron chi connectivity index (χ0n) is 11.1.